The highest BCUT2D eigenvalue weighted by atomic mass is 15.1. The lowest BCUT2D eigenvalue weighted by Crippen LogP contribution is -2.23. The summed E-state index contributed by atoms with van der Waals surface area (Å²) in [6, 6.07) is 6.59. The number of nitrogens with zero attached hydrogens (tertiary/aromatic N) is 2. The van der Waals surface area contributed by atoms with E-state index < -0.39 is 0 Å². The van der Waals surface area contributed by atoms with Gasteiger partial charge in [-0.1, -0.05) is 26.8 Å². The third-order valence-corrected chi connectivity index (χ3v) is 3.52. The van der Waals surface area contributed by atoms with Gasteiger partial charge in [-0.15, -0.1) is 0 Å². The third kappa shape index (κ3) is 3.35. The molecule has 2 rings (SSSR count). The van der Waals surface area contributed by atoms with Gasteiger partial charge in [-0.3, -0.25) is 0 Å². The maximum absolute atomic E-state index is 4.76. The van der Waals surface area contributed by atoms with Crippen LogP contribution in [0.25, 0.3) is 11.0 Å². The van der Waals surface area contributed by atoms with Gasteiger partial charge in [-0.05, 0) is 36.6 Å². The SMILES string of the molecule is CCc1ccc2c(c1)nc(CCNCC(C)C)n2C. The number of fused-ring (bicyclic) bond motifs is 1. The summed E-state index contributed by atoms with van der Waals surface area (Å²) < 4.78 is 2.21. The second kappa shape index (κ2) is 6.20. The summed E-state index contributed by atoms with van der Waals surface area (Å²) in [5.41, 5.74) is 3.71. The van der Waals surface area contributed by atoms with Crippen LogP contribution in [0.1, 0.15) is 32.2 Å². The van der Waals surface area contributed by atoms with E-state index >= 15 is 0 Å². The van der Waals surface area contributed by atoms with Crippen LogP contribution in [0.4, 0.5) is 0 Å². The minimum absolute atomic E-state index is 0.701. The number of aromatic nitrogens is 2. The normalized spacial score (nSPS) is 11.6. The molecule has 1 heterocycles. The second-order valence-corrected chi connectivity index (χ2v) is 5.61. The van der Waals surface area contributed by atoms with Gasteiger partial charge in [0.15, 0.2) is 0 Å². The molecule has 0 aliphatic rings. The van der Waals surface area contributed by atoms with Crippen molar-refractivity contribution in [3.63, 3.8) is 0 Å². The van der Waals surface area contributed by atoms with Gasteiger partial charge in [-0.2, -0.15) is 0 Å². The van der Waals surface area contributed by atoms with Crippen LogP contribution in [-0.4, -0.2) is 22.6 Å². The zero-order valence-electron chi connectivity index (χ0n) is 12.5. The summed E-state index contributed by atoms with van der Waals surface area (Å²) in [6.07, 6.45) is 2.05. The monoisotopic (exact) mass is 259 g/mol. The first-order valence-electron chi connectivity index (χ1n) is 7.26. The first-order chi connectivity index (χ1) is 9.11. The summed E-state index contributed by atoms with van der Waals surface area (Å²) >= 11 is 0. The average Bonchev–Trinajstić information content (AvgIpc) is 2.71. The Morgan fingerprint density at radius 3 is 2.79 bits per heavy atom. The molecular formula is C16H25N3. The molecule has 1 aromatic heterocycles. The van der Waals surface area contributed by atoms with E-state index in [1.165, 1.54) is 16.9 Å². The van der Waals surface area contributed by atoms with Crippen LogP contribution in [0.3, 0.4) is 0 Å². The Bertz CT molecular complexity index is 540. The Morgan fingerprint density at radius 2 is 2.11 bits per heavy atom. The first kappa shape index (κ1) is 14.1. The van der Waals surface area contributed by atoms with Crippen LogP contribution in [0.5, 0.6) is 0 Å². The number of aryl methyl sites for hydroxylation is 2. The van der Waals surface area contributed by atoms with Crippen LogP contribution in [0, 0.1) is 5.92 Å². The molecule has 0 aliphatic carbocycles. The Hall–Kier alpha value is -1.35. The van der Waals surface area contributed by atoms with Crippen molar-refractivity contribution in [3.8, 4) is 0 Å². The van der Waals surface area contributed by atoms with Crippen molar-refractivity contribution in [2.24, 2.45) is 13.0 Å². The van der Waals surface area contributed by atoms with Crippen molar-refractivity contribution in [2.75, 3.05) is 13.1 Å². The van der Waals surface area contributed by atoms with E-state index in [1.54, 1.807) is 0 Å². The van der Waals surface area contributed by atoms with Crippen molar-refractivity contribution in [1.29, 1.82) is 0 Å². The lowest BCUT2D eigenvalue weighted by molar-refractivity contribution is 0.548. The molecule has 0 atom stereocenters. The smallest absolute Gasteiger partial charge is 0.110 e. The van der Waals surface area contributed by atoms with Gasteiger partial charge in [0.2, 0.25) is 0 Å². The average molecular weight is 259 g/mol. The van der Waals surface area contributed by atoms with Gasteiger partial charge in [0.1, 0.15) is 5.82 Å². The highest BCUT2D eigenvalue weighted by Gasteiger charge is 2.07. The maximum Gasteiger partial charge on any atom is 0.110 e. The molecule has 0 aliphatic heterocycles. The molecular weight excluding hydrogens is 234 g/mol. The highest BCUT2D eigenvalue weighted by molar-refractivity contribution is 5.76. The molecule has 0 amide bonds. The van der Waals surface area contributed by atoms with Crippen LogP contribution in [-0.2, 0) is 19.9 Å². The summed E-state index contributed by atoms with van der Waals surface area (Å²) in [4.78, 5) is 4.76. The Kier molecular flexibility index (Phi) is 4.59. The lowest BCUT2D eigenvalue weighted by Gasteiger charge is -2.07. The first-order valence-corrected chi connectivity index (χ1v) is 7.26. The summed E-state index contributed by atoms with van der Waals surface area (Å²) in [7, 11) is 2.11. The van der Waals surface area contributed by atoms with Crippen molar-refractivity contribution in [2.45, 2.75) is 33.6 Å². The van der Waals surface area contributed by atoms with E-state index in [2.05, 4.69) is 55.9 Å². The van der Waals surface area contributed by atoms with Crippen LogP contribution in [0.2, 0.25) is 0 Å². The Labute approximate surface area is 116 Å². The number of hydrogen-bond donors (Lipinski definition) is 1. The molecule has 0 bridgehead atoms. The molecule has 3 nitrogen and oxygen atoms in total. The van der Waals surface area contributed by atoms with Crippen molar-refractivity contribution < 1.29 is 0 Å². The molecule has 0 radical (unpaired) electrons. The highest BCUT2D eigenvalue weighted by Crippen LogP contribution is 2.17. The zero-order valence-corrected chi connectivity index (χ0v) is 12.5. The van der Waals surface area contributed by atoms with E-state index in [0.29, 0.717) is 5.92 Å². The molecule has 3 heteroatoms. The minimum atomic E-state index is 0.701. The van der Waals surface area contributed by atoms with Crippen molar-refractivity contribution >= 4 is 11.0 Å². The Balaban J connectivity index is 2.09. The third-order valence-electron chi connectivity index (χ3n) is 3.52. The predicted molar refractivity (Wildman–Crippen MR) is 81.5 cm³/mol. The number of imidazole rings is 1. The van der Waals surface area contributed by atoms with Gasteiger partial charge >= 0.3 is 0 Å². The fourth-order valence-electron chi connectivity index (χ4n) is 2.33. The zero-order chi connectivity index (χ0) is 13.8. The van der Waals surface area contributed by atoms with E-state index in [-0.39, 0.29) is 0 Å². The summed E-state index contributed by atoms with van der Waals surface area (Å²) in [6.45, 7) is 8.71. The van der Waals surface area contributed by atoms with Crippen molar-refractivity contribution in [1.82, 2.24) is 14.9 Å². The van der Waals surface area contributed by atoms with Gasteiger partial charge in [0, 0.05) is 20.0 Å². The van der Waals surface area contributed by atoms with Gasteiger partial charge in [0.25, 0.3) is 0 Å². The minimum Gasteiger partial charge on any atom is -0.331 e. The fraction of sp³-hybridized carbons (Fsp3) is 0.562. The van der Waals surface area contributed by atoms with E-state index in [1.807, 2.05) is 0 Å². The summed E-state index contributed by atoms with van der Waals surface area (Å²) in [5, 5.41) is 3.47. The maximum atomic E-state index is 4.76. The number of nitrogens with one attached hydrogen (secondary N) is 1. The van der Waals surface area contributed by atoms with Gasteiger partial charge in [0.05, 0.1) is 11.0 Å². The number of rotatable bonds is 6. The summed E-state index contributed by atoms with van der Waals surface area (Å²) in [5.74, 6) is 1.87. The molecule has 104 valence electrons. The Morgan fingerprint density at radius 1 is 1.32 bits per heavy atom. The molecule has 0 saturated carbocycles. The second-order valence-electron chi connectivity index (χ2n) is 5.61. The fourth-order valence-corrected chi connectivity index (χ4v) is 2.33. The lowest BCUT2D eigenvalue weighted by atomic mass is 10.1. The largest absolute Gasteiger partial charge is 0.331 e. The predicted octanol–water partition coefficient (Wildman–Crippen LogP) is 2.92. The topological polar surface area (TPSA) is 29.9 Å². The van der Waals surface area contributed by atoms with E-state index in [4.69, 9.17) is 4.98 Å². The van der Waals surface area contributed by atoms with E-state index in [0.717, 1.165) is 31.4 Å². The molecule has 0 unspecified atom stereocenters. The van der Waals surface area contributed by atoms with E-state index in [9.17, 15) is 0 Å². The van der Waals surface area contributed by atoms with Gasteiger partial charge in [-0.25, -0.2) is 4.98 Å². The van der Waals surface area contributed by atoms with Gasteiger partial charge < -0.3 is 9.88 Å². The molecule has 1 N–H and O–H groups in total. The molecule has 19 heavy (non-hydrogen) atoms. The standard InChI is InChI=1S/C16H25N3/c1-5-13-6-7-15-14(10-13)18-16(19(15)4)8-9-17-11-12(2)3/h6-7,10,12,17H,5,8-9,11H2,1-4H3. The van der Waals surface area contributed by atoms with Crippen molar-refractivity contribution in [3.05, 3.63) is 29.6 Å². The number of hydrogen-bond acceptors (Lipinski definition) is 2. The van der Waals surface area contributed by atoms with Crippen LogP contribution >= 0.6 is 0 Å². The molecule has 1 aromatic carbocycles. The molecule has 0 fully saturated rings. The van der Waals surface area contributed by atoms with Crippen LogP contribution < -0.4 is 5.32 Å². The number of benzene rings is 1. The molecule has 0 spiro atoms. The van der Waals surface area contributed by atoms with Crippen LogP contribution in [0.15, 0.2) is 18.2 Å². The molecule has 0 saturated heterocycles. The molecule has 2 aromatic rings. The quantitative estimate of drug-likeness (QED) is 0.808.